The molecule has 0 radical (unpaired) electrons. The fraction of sp³-hybridized carbons (Fsp3) is 0.333. The molecule has 0 aliphatic rings. The van der Waals surface area contributed by atoms with Gasteiger partial charge in [0, 0.05) is 35.1 Å². The number of fused-ring (bicyclic) bond motifs is 1. The average molecular weight is 268 g/mol. The number of hydrogen-bond donors (Lipinski definition) is 1. The molecular formula is C12H16N2O3S. The molecule has 0 spiro atoms. The first-order valence-corrected chi connectivity index (χ1v) is 7.28. The van der Waals surface area contributed by atoms with E-state index in [-0.39, 0.29) is 10.6 Å². The number of non-ortho nitro benzene ring substituents is 1. The first-order valence-electron chi connectivity index (χ1n) is 5.32. The number of nitrogens with zero attached hydrogens (tertiary/aromatic N) is 1. The molecule has 0 aliphatic heterocycles. The number of hydrogen-bond acceptors (Lipinski definition) is 3. The lowest BCUT2D eigenvalue weighted by molar-refractivity contribution is -0.383. The number of benzene rings is 1. The normalized spacial score (nSPS) is 10.3. The standard InChI is InChI=1S/C10H10N2O2.C2H6OS/c1-6-7(2)11-8-4-3-5-9(10(6)8)12(13)14;1-4(2)3/h3-5,11H,1-2H3;1-2H3. The minimum Gasteiger partial charge on any atom is -0.358 e. The molecule has 1 N–H and O–H groups in total. The van der Waals surface area contributed by atoms with E-state index in [1.165, 1.54) is 6.07 Å². The van der Waals surface area contributed by atoms with Crippen LogP contribution in [-0.2, 0) is 10.8 Å². The van der Waals surface area contributed by atoms with E-state index in [9.17, 15) is 14.3 Å². The zero-order chi connectivity index (χ0) is 13.9. The van der Waals surface area contributed by atoms with E-state index in [0.29, 0.717) is 0 Å². The Labute approximate surface area is 108 Å². The van der Waals surface area contributed by atoms with Crippen LogP contribution < -0.4 is 0 Å². The van der Waals surface area contributed by atoms with Crippen LogP contribution in [0.15, 0.2) is 18.2 Å². The Balaban J connectivity index is 0.000000357. The molecule has 6 heteroatoms. The average Bonchev–Trinajstić information content (AvgIpc) is 2.54. The summed E-state index contributed by atoms with van der Waals surface area (Å²) in [6.45, 7) is 3.81. The van der Waals surface area contributed by atoms with Crippen molar-refractivity contribution in [2.45, 2.75) is 13.8 Å². The van der Waals surface area contributed by atoms with Crippen molar-refractivity contribution in [1.29, 1.82) is 0 Å². The van der Waals surface area contributed by atoms with Gasteiger partial charge in [0.1, 0.15) is 0 Å². The van der Waals surface area contributed by atoms with Crippen LogP contribution in [0.2, 0.25) is 0 Å². The van der Waals surface area contributed by atoms with E-state index in [0.717, 1.165) is 22.2 Å². The first kappa shape index (κ1) is 14.4. The predicted octanol–water partition coefficient (Wildman–Crippen LogP) is 2.69. The third-order valence-electron chi connectivity index (χ3n) is 2.50. The molecule has 5 nitrogen and oxygen atoms in total. The Bertz CT molecular complexity index is 601. The van der Waals surface area contributed by atoms with Crippen molar-refractivity contribution in [2.75, 3.05) is 12.5 Å². The molecule has 18 heavy (non-hydrogen) atoms. The highest BCUT2D eigenvalue weighted by atomic mass is 32.2. The van der Waals surface area contributed by atoms with Crippen LogP contribution in [0.5, 0.6) is 0 Å². The van der Waals surface area contributed by atoms with E-state index in [2.05, 4.69) is 4.98 Å². The third kappa shape index (κ3) is 3.16. The van der Waals surface area contributed by atoms with Gasteiger partial charge >= 0.3 is 0 Å². The van der Waals surface area contributed by atoms with Gasteiger partial charge in [-0.2, -0.15) is 0 Å². The monoisotopic (exact) mass is 268 g/mol. The van der Waals surface area contributed by atoms with Crippen LogP contribution >= 0.6 is 0 Å². The summed E-state index contributed by atoms with van der Waals surface area (Å²) in [4.78, 5) is 13.5. The summed E-state index contributed by atoms with van der Waals surface area (Å²) in [5, 5.41) is 11.5. The van der Waals surface area contributed by atoms with Gasteiger partial charge < -0.3 is 4.98 Å². The van der Waals surface area contributed by atoms with Gasteiger partial charge in [-0.3, -0.25) is 14.3 Å². The van der Waals surface area contributed by atoms with Gasteiger partial charge in [0.05, 0.1) is 15.8 Å². The largest absolute Gasteiger partial charge is 0.358 e. The molecule has 0 fully saturated rings. The van der Waals surface area contributed by atoms with E-state index in [1.807, 2.05) is 19.9 Å². The van der Waals surface area contributed by atoms with Crippen molar-refractivity contribution in [2.24, 2.45) is 0 Å². The minimum absolute atomic E-state index is 0.171. The lowest BCUT2D eigenvalue weighted by Crippen LogP contribution is -1.88. The summed E-state index contributed by atoms with van der Waals surface area (Å²) < 4.78 is 9.56. The number of nitro groups is 1. The van der Waals surface area contributed by atoms with Gasteiger partial charge in [0.25, 0.3) is 5.69 Å². The Hall–Kier alpha value is -1.69. The maximum atomic E-state index is 10.8. The topological polar surface area (TPSA) is 76.0 Å². The zero-order valence-electron chi connectivity index (χ0n) is 10.8. The van der Waals surface area contributed by atoms with Crippen molar-refractivity contribution < 1.29 is 9.13 Å². The van der Waals surface area contributed by atoms with Crippen LogP contribution in [0, 0.1) is 24.0 Å². The molecule has 0 unspecified atom stereocenters. The Morgan fingerprint density at radius 3 is 2.33 bits per heavy atom. The predicted molar refractivity (Wildman–Crippen MR) is 74.4 cm³/mol. The van der Waals surface area contributed by atoms with Crippen molar-refractivity contribution in [3.8, 4) is 0 Å². The summed E-state index contributed by atoms with van der Waals surface area (Å²) in [5.41, 5.74) is 2.93. The molecule has 0 saturated heterocycles. The minimum atomic E-state index is -0.611. The summed E-state index contributed by atoms with van der Waals surface area (Å²) >= 11 is 0. The maximum absolute atomic E-state index is 10.8. The van der Waals surface area contributed by atoms with Gasteiger partial charge in [-0.15, -0.1) is 0 Å². The second kappa shape index (κ2) is 5.77. The maximum Gasteiger partial charge on any atom is 0.279 e. The van der Waals surface area contributed by atoms with Gasteiger partial charge in [-0.25, -0.2) is 0 Å². The summed E-state index contributed by atoms with van der Waals surface area (Å²) in [5.74, 6) is 0. The molecule has 0 aliphatic carbocycles. The van der Waals surface area contributed by atoms with Crippen molar-refractivity contribution in [1.82, 2.24) is 4.98 Å². The molecule has 2 rings (SSSR count). The van der Waals surface area contributed by atoms with Gasteiger partial charge in [-0.1, -0.05) is 6.07 Å². The number of nitrogens with one attached hydrogen (secondary N) is 1. The molecule has 0 amide bonds. The highest BCUT2D eigenvalue weighted by Gasteiger charge is 2.15. The molecule has 1 aromatic heterocycles. The Kier molecular flexibility index (Phi) is 4.61. The second-order valence-corrected chi connectivity index (χ2v) is 5.56. The number of aryl methyl sites for hydroxylation is 2. The van der Waals surface area contributed by atoms with Crippen molar-refractivity contribution in [3.05, 3.63) is 39.6 Å². The van der Waals surface area contributed by atoms with Gasteiger partial charge in [0.15, 0.2) is 0 Å². The van der Waals surface area contributed by atoms with Crippen molar-refractivity contribution in [3.63, 3.8) is 0 Å². The molecule has 1 heterocycles. The lowest BCUT2D eigenvalue weighted by Gasteiger charge is -1.94. The third-order valence-corrected chi connectivity index (χ3v) is 2.50. The number of rotatable bonds is 1. The van der Waals surface area contributed by atoms with Crippen LogP contribution in [-0.4, -0.2) is 26.6 Å². The van der Waals surface area contributed by atoms with Crippen molar-refractivity contribution >= 4 is 27.4 Å². The Morgan fingerprint density at radius 1 is 1.28 bits per heavy atom. The second-order valence-electron chi connectivity index (χ2n) is 4.07. The smallest absolute Gasteiger partial charge is 0.279 e. The molecule has 1 aromatic carbocycles. The number of nitro benzene ring substituents is 1. The number of H-pyrrole nitrogens is 1. The molecule has 0 atom stereocenters. The summed E-state index contributed by atoms with van der Waals surface area (Å²) in [6, 6.07) is 5.07. The molecule has 0 saturated carbocycles. The van der Waals surface area contributed by atoms with Crippen LogP contribution in [0.25, 0.3) is 10.9 Å². The molecule has 98 valence electrons. The van der Waals surface area contributed by atoms with Gasteiger partial charge in [0.2, 0.25) is 0 Å². The zero-order valence-corrected chi connectivity index (χ0v) is 11.6. The fourth-order valence-electron chi connectivity index (χ4n) is 1.67. The first-order chi connectivity index (χ1) is 8.34. The molecule has 2 aromatic rings. The van der Waals surface area contributed by atoms with E-state index in [4.69, 9.17) is 0 Å². The lowest BCUT2D eigenvalue weighted by atomic mass is 10.1. The highest BCUT2D eigenvalue weighted by Crippen LogP contribution is 2.29. The Morgan fingerprint density at radius 2 is 1.83 bits per heavy atom. The molecule has 0 bridgehead atoms. The number of aromatic nitrogens is 1. The summed E-state index contributed by atoms with van der Waals surface area (Å²) in [6.07, 6.45) is 3.28. The quantitative estimate of drug-likeness (QED) is 0.638. The summed E-state index contributed by atoms with van der Waals surface area (Å²) in [7, 11) is -0.611. The van der Waals surface area contributed by atoms with Crippen LogP contribution in [0.4, 0.5) is 5.69 Å². The molecular weight excluding hydrogens is 252 g/mol. The van der Waals surface area contributed by atoms with E-state index < -0.39 is 10.8 Å². The highest BCUT2D eigenvalue weighted by molar-refractivity contribution is 7.83. The van der Waals surface area contributed by atoms with Crippen LogP contribution in [0.3, 0.4) is 0 Å². The van der Waals surface area contributed by atoms with E-state index in [1.54, 1.807) is 18.6 Å². The SMILES string of the molecule is CS(C)=O.Cc1[nH]c2cccc([N+](=O)[O-])c2c1C. The van der Waals surface area contributed by atoms with Crippen LogP contribution in [0.1, 0.15) is 11.3 Å². The number of aromatic amines is 1. The van der Waals surface area contributed by atoms with E-state index >= 15 is 0 Å². The van der Waals surface area contributed by atoms with Gasteiger partial charge in [-0.05, 0) is 25.5 Å². The fourth-order valence-corrected chi connectivity index (χ4v) is 1.67.